The Morgan fingerprint density at radius 3 is 2.44 bits per heavy atom. The smallest absolute Gasteiger partial charge is 0.337 e. The van der Waals surface area contributed by atoms with E-state index in [9.17, 15) is 18.8 Å². The molecule has 2 N–H and O–H groups in total. The molecule has 1 rings (SSSR count). The fourth-order valence-corrected chi connectivity index (χ4v) is 2.10. The zero-order chi connectivity index (χ0) is 18.9. The highest BCUT2D eigenvalue weighted by molar-refractivity contribution is 6.05. The SMILES string of the molecule is CCCCOC(=O)C(N)(CCC(=O)c1cccc(F)c1)C(=O)OCC. The number of unbranched alkanes of at least 4 members (excludes halogenated alkanes) is 1. The van der Waals surface area contributed by atoms with Crippen LogP contribution in [-0.4, -0.2) is 36.5 Å². The molecule has 0 bridgehead atoms. The second kappa shape index (κ2) is 9.88. The van der Waals surface area contributed by atoms with Gasteiger partial charge in [-0.2, -0.15) is 0 Å². The van der Waals surface area contributed by atoms with Crippen LogP contribution in [0.3, 0.4) is 0 Å². The van der Waals surface area contributed by atoms with Gasteiger partial charge in [0.05, 0.1) is 13.2 Å². The topological polar surface area (TPSA) is 95.7 Å². The number of rotatable bonds is 10. The highest BCUT2D eigenvalue weighted by atomic mass is 19.1. The largest absolute Gasteiger partial charge is 0.464 e. The first-order chi connectivity index (χ1) is 11.8. The van der Waals surface area contributed by atoms with Crippen LogP contribution < -0.4 is 5.73 Å². The summed E-state index contributed by atoms with van der Waals surface area (Å²) in [5, 5.41) is 0. The molecule has 6 nitrogen and oxygen atoms in total. The number of ether oxygens (including phenoxy) is 2. The van der Waals surface area contributed by atoms with E-state index in [1.807, 2.05) is 6.92 Å². The average molecular weight is 353 g/mol. The maximum atomic E-state index is 13.2. The van der Waals surface area contributed by atoms with E-state index < -0.39 is 29.1 Å². The van der Waals surface area contributed by atoms with Gasteiger partial charge in [0.1, 0.15) is 5.82 Å². The van der Waals surface area contributed by atoms with Crippen molar-refractivity contribution in [1.82, 2.24) is 0 Å². The summed E-state index contributed by atoms with van der Waals surface area (Å²) >= 11 is 0. The van der Waals surface area contributed by atoms with Gasteiger partial charge >= 0.3 is 11.9 Å². The third-order valence-corrected chi connectivity index (χ3v) is 3.63. The lowest BCUT2D eigenvalue weighted by Gasteiger charge is -2.24. The maximum absolute atomic E-state index is 13.2. The van der Waals surface area contributed by atoms with Gasteiger partial charge in [-0.15, -0.1) is 0 Å². The van der Waals surface area contributed by atoms with Crippen LogP contribution in [0.1, 0.15) is 49.9 Å². The van der Waals surface area contributed by atoms with Crippen molar-refractivity contribution in [3.05, 3.63) is 35.6 Å². The Morgan fingerprint density at radius 2 is 1.84 bits per heavy atom. The Morgan fingerprint density at radius 1 is 1.16 bits per heavy atom. The van der Waals surface area contributed by atoms with E-state index >= 15 is 0 Å². The molecule has 0 aliphatic heterocycles. The van der Waals surface area contributed by atoms with Crippen LogP contribution in [-0.2, 0) is 19.1 Å². The molecule has 0 aliphatic carbocycles. The second-order valence-electron chi connectivity index (χ2n) is 5.61. The van der Waals surface area contributed by atoms with E-state index in [0.29, 0.717) is 6.42 Å². The number of hydrogen-bond acceptors (Lipinski definition) is 6. The van der Waals surface area contributed by atoms with Crippen molar-refractivity contribution in [2.75, 3.05) is 13.2 Å². The molecule has 7 heteroatoms. The van der Waals surface area contributed by atoms with Crippen molar-refractivity contribution in [2.24, 2.45) is 5.73 Å². The molecule has 1 aromatic rings. The molecule has 0 saturated carbocycles. The molecule has 0 aliphatic rings. The quantitative estimate of drug-likeness (QED) is 0.300. The molecule has 0 spiro atoms. The lowest BCUT2D eigenvalue weighted by atomic mass is 9.92. The van der Waals surface area contributed by atoms with Gasteiger partial charge in [0.15, 0.2) is 5.78 Å². The summed E-state index contributed by atoms with van der Waals surface area (Å²) in [6, 6.07) is 5.16. The highest BCUT2D eigenvalue weighted by Gasteiger charge is 2.45. The van der Waals surface area contributed by atoms with Gasteiger partial charge in [-0.05, 0) is 31.9 Å². The zero-order valence-electron chi connectivity index (χ0n) is 14.5. The van der Waals surface area contributed by atoms with E-state index in [-0.39, 0.29) is 31.6 Å². The number of ketones is 1. The van der Waals surface area contributed by atoms with Crippen molar-refractivity contribution >= 4 is 17.7 Å². The molecular weight excluding hydrogens is 329 g/mol. The summed E-state index contributed by atoms with van der Waals surface area (Å²) < 4.78 is 23.1. The van der Waals surface area contributed by atoms with Crippen molar-refractivity contribution in [1.29, 1.82) is 0 Å². The lowest BCUT2D eigenvalue weighted by Crippen LogP contribution is -2.57. The van der Waals surface area contributed by atoms with Crippen molar-refractivity contribution in [2.45, 2.75) is 45.1 Å². The van der Waals surface area contributed by atoms with E-state index in [2.05, 4.69) is 0 Å². The second-order valence-corrected chi connectivity index (χ2v) is 5.61. The fraction of sp³-hybridized carbons (Fsp3) is 0.500. The van der Waals surface area contributed by atoms with Gasteiger partial charge in [-0.3, -0.25) is 4.79 Å². The number of nitrogens with two attached hydrogens (primary N) is 1. The Kier molecular flexibility index (Phi) is 8.21. The van der Waals surface area contributed by atoms with Crippen LogP contribution in [0, 0.1) is 5.82 Å². The highest BCUT2D eigenvalue weighted by Crippen LogP contribution is 2.18. The molecule has 25 heavy (non-hydrogen) atoms. The molecule has 0 amide bonds. The predicted molar refractivity (Wildman–Crippen MR) is 89.4 cm³/mol. The summed E-state index contributed by atoms with van der Waals surface area (Å²) in [4.78, 5) is 36.5. The average Bonchev–Trinajstić information content (AvgIpc) is 2.59. The van der Waals surface area contributed by atoms with Crippen LogP contribution in [0.2, 0.25) is 0 Å². The predicted octanol–water partition coefficient (Wildman–Crippen LogP) is 2.39. The normalized spacial score (nSPS) is 13.0. The van der Waals surface area contributed by atoms with E-state index in [4.69, 9.17) is 15.2 Å². The van der Waals surface area contributed by atoms with Gasteiger partial charge in [-0.1, -0.05) is 25.5 Å². The number of halogens is 1. The summed E-state index contributed by atoms with van der Waals surface area (Å²) in [6.45, 7) is 3.68. The van der Waals surface area contributed by atoms with Crippen LogP contribution in [0.15, 0.2) is 24.3 Å². The minimum atomic E-state index is -2.06. The Bertz CT molecular complexity index is 619. The fourth-order valence-electron chi connectivity index (χ4n) is 2.10. The first kappa shape index (κ1) is 20.8. The van der Waals surface area contributed by atoms with Gasteiger partial charge in [-0.25, -0.2) is 14.0 Å². The number of esters is 2. The van der Waals surface area contributed by atoms with Gasteiger partial charge < -0.3 is 15.2 Å². The first-order valence-electron chi connectivity index (χ1n) is 8.27. The van der Waals surface area contributed by atoms with Gasteiger partial charge in [0.25, 0.3) is 0 Å². The Balaban J connectivity index is 2.84. The molecule has 0 heterocycles. The summed E-state index contributed by atoms with van der Waals surface area (Å²) in [5.41, 5.74) is 4.02. The number of hydrogen-bond donors (Lipinski definition) is 1. The van der Waals surface area contributed by atoms with Crippen molar-refractivity contribution < 1.29 is 28.2 Å². The maximum Gasteiger partial charge on any atom is 0.337 e. The molecule has 0 fully saturated rings. The van der Waals surface area contributed by atoms with Gasteiger partial charge in [0.2, 0.25) is 5.54 Å². The summed E-state index contributed by atoms with van der Waals surface area (Å²) in [7, 11) is 0. The summed E-state index contributed by atoms with van der Waals surface area (Å²) in [6.07, 6.45) is 0.933. The van der Waals surface area contributed by atoms with Crippen LogP contribution in [0.25, 0.3) is 0 Å². The third-order valence-electron chi connectivity index (χ3n) is 3.63. The minimum absolute atomic E-state index is 0.0395. The zero-order valence-corrected chi connectivity index (χ0v) is 14.5. The standard InChI is InChI=1S/C18H24FNO5/c1-3-5-11-25-17(23)18(20,16(22)24-4-2)10-9-15(21)13-7-6-8-14(19)12-13/h6-8,12H,3-5,9-11,20H2,1-2H3. The molecule has 0 radical (unpaired) electrons. The van der Waals surface area contributed by atoms with E-state index in [0.717, 1.165) is 12.5 Å². The van der Waals surface area contributed by atoms with Crippen LogP contribution in [0.4, 0.5) is 4.39 Å². The molecule has 1 aromatic carbocycles. The van der Waals surface area contributed by atoms with Gasteiger partial charge in [0, 0.05) is 12.0 Å². The molecule has 1 atom stereocenters. The molecule has 1 unspecified atom stereocenters. The van der Waals surface area contributed by atoms with Crippen LogP contribution in [0.5, 0.6) is 0 Å². The van der Waals surface area contributed by atoms with Crippen molar-refractivity contribution in [3.63, 3.8) is 0 Å². The minimum Gasteiger partial charge on any atom is -0.464 e. The number of benzene rings is 1. The van der Waals surface area contributed by atoms with Crippen molar-refractivity contribution in [3.8, 4) is 0 Å². The number of carbonyl (C=O) groups excluding carboxylic acids is 3. The lowest BCUT2D eigenvalue weighted by molar-refractivity contribution is -0.164. The monoisotopic (exact) mass is 353 g/mol. The summed E-state index contributed by atoms with van der Waals surface area (Å²) in [5.74, 6) is -2.84. The first-order valence-corrected chi connectivity index (χ1v) is 8.27. The van der Waals surface area contributed by atoms with E-state index in [1.165, 1.54) is 18.2 Å². The number of carbonyl (C=O) groups is 3. The third kappa shape index (κ3) is 5.94. The Hall–Kier alpha value is -2.28. The van der Waals surface area contributed by atoms with Crippen LogP contribution >= 0.6 is 0 Å². The number of Topliss-reactive ketones (excluding diaryl/α,β-unsaturated/α-hetero) is 1. The van der Waals surface area contributed by atoms with E-state index in [1.54, 1.807) is 6.92 Å². The molecular formula is C18H24FNO5. The molecule has 0 saturated heterocycles. The Labute approximate surface area is 146 Å². The molecule has 0 aromatic heterocycles. The molecule has 138 valence electrons.